The Kier molecular flexibility index (Phi) is 3.97. The van der Waals surface area contributed by atoms with E-state index in [1.807, 2.05) is 0 Å². The van der Waals surface area contributed by atoms with Crippen LogP contribution in [0.4, 0.5) is 10.8 Å². The van der Waals surface area contributed by atoms with Crippen LogP contribution in [0.1, 0.15) is 6.92 Å². The number of carbonyl (C=O) groups excluding carboxylic acids is 1. The number of aromatic nitrogens is 2. The molecule has 7 heteroatoms. The van der Waals surface area contributed by atoms with E-state index in [4.69, 9.17) is 13.9 Å². The number of rotatable bonds is 4. The summed E-state index contributed by atoms with van der Waals surface area (Å²) in [5.41, 5.74) is 0.727. The van der Waals surface area contributed by atoms with E-state index < -0.39 is 6.09 Å². The van der Waals surface area contributed by atoms with Gasteiger partial charge in [-0.15, -0.1) is 5.10 Å². The van der Waals surface area contributed by atoms with Crippen LogP contribution >= 0.6 is 0 Å². The minimum Gasteiger partial charge on any atom is -0.497 e. The van der Waals surface area contributed by atoms with Gasteiger partial charge >= 0.3 is 12.1 Å². The van der Waals surface area contributed by atoms with Gasteiger partial charge in [0, 0.05) is 5.56 Å². The Hall–Kier alpha value is -2.57. The van der Waals surface area contributed by atoms with Crippen molar-refractivity contribution in [1.82, 2.24) is 10.2 Å². The summed E-state index contributed by atoms with van der Waals surface area (Å²) in [5.74, 6) is 1.03. The SMILES string of the molecule is CCOC(=O)Nc1nnc(-c2ccc(OC)cc2)o1. The molecule has 0 bridgehead atoms. The van der Waals surface area contributed by atoms with Crippen LogP contribution in [-0.4, -0.2) is 30.0 Å². The number of methoxy groups -OCH3 is 1. The van der Waals surface area contributed by atoms with E-state index in [0.29, 0.717) is 5.89 Å². The lowest BCUT2D eigenvalue weighted by Gasteiger charge is -2.00. The van der Waals surface area contributed by atoms with Crippen molar-refractivity contribution in [1.29, 1.82) is 0 Å². The molecule has 1 aromatic heterocycles. The number of anilines is 1. The van der Waals surface area contributed by atoms with Gasteiger partial charge in [-0.05, 0) is 31.2 Å². The maximum Gasteiger partial charge on any atom is 0.415 e. The van der Waals surface area contributed by atoms with Crippen LogP contribution in [0.25, 0.3) is 11.5 Å². The normalized spacial score (nSPS) is 10.0. The maximum absolute atomic E-state index is 11.2. The van der Waals surface area contributed by atoms with Gasteiger partial charge in [0.05, 0.1) is 13.7 Å². The molecule has 2 aromatic rings. The summed E-state index contributed by atoms with van der Waals surface area (Å²) in [6.07, 6.45) is -0.632. The van der Waals surface area contributed by atoms with Gasteiger partial charge < -0.3 is 13.9 Å². The lowest BCUT2D eigenvalue weighted by atomic mass is 10.2. The Bertz CT molecular complexity index is 550. The van der Waals surface area contributed by atoms with Crippen molar-refractivity contribution in [3.05, 3.63) is 24.3 Å². The zero-order valence-corrected chi connectivity index (χ0v) is 10.5. The standard InChI is InChI=1S/C12H13N3O4/c1-3-18-12(16)13-11-15-14-10(19-11)8-4-6-9(17-2)7-5-8/h4-7H,3H2,1-2H3,(H,13,15,16). The van der Waals surface area contributed by atoms with Crippen molar-refractivity contribution in [2.45, 2.75) is 6.92 Å². The van der Waals surface area contributed by atoms with Gasteiger partial charge in [0.1, 0.15) is 5.75 Å². The van der Waals surface area contributed by atoms with Gasteiger partial charge in [0.2, 0.25) is 5.89 Å². The first-order chi connectivity index (χ1) is 9.22. The van der Waals surface area contributed by atoms with Crippen LogP contribution in [0.3, 0.4) is 0 Å². The first-order valence-electron chi connectivity index (χ1n) is 5.64. The first kappa shape index (κ1) is 12.9. The number of benzene rings is 1. The number of nitrogens with zero attached hydrogens (tertiary/aromatic N) is 2. The highest BCUT2D eigenvalue weighted by Gasteiger charge is 2.11. The second-order valence-electron chi connectivity index (χ2n) is 3.49. The quantitative estimate of drug-likeness (QED) is 0.910. The molecule has 19 heavy (non-hydrogen) atoms. The molecule has 0 saturated carbocycles. The van der Waals surface area contributed by atoms with Gasteiger partial charge in [-0.1, -0.05) is 5.10 Å². The average Bonchev–Trinajstić information content (AvgIpc) is 2.87. The third-order valence-electron chi connectivity index (χ3n) is 2.25. The highest BCUT2D eigenvalue weighted by molar-refractivity contribution is 5.81. The van der Waals surface area contributed by atoms with Crippen molar-refractivity contribution < 1.29 is 18.7 Å². The van der Waals surface area contributed by atoms with E-state index in [2.05, 4.69) is 15.5 Å². The third kappa shape index (κ3) is 3.21. The van der Waals surface area contributed by atoms with Gasteiger partial charge in [0.25, 0.3) is 0 Å². The minimum absolute atomic E-state index is 0.00994. The number of nitrogens with one attached hydrogen (secondary N) is 1. The minimum atomic E-state index is -0.632. The summed E-state index contributed by atoms with van der Waals surface area (Å²) in [6.45, 7) is 1.97. The maximum atomic E-state index is 11.2. The largest absolute Gasteiger partial charge is 0.497 e. The molecule has 0 radical (unpaired) electrons. The van der Waals surface area contributed by atoms with Crippen LogP contribution in [0.5, 0.6) is 5.75 Å². The lowest BCUT2D eigenvalue weighted by molar-refractivity contribution is 0.167. The average molecular weight is 263 g/mol. The van der Waals surface area contributed by atoms with Crippen molar-refractivity contribution in [3.8, 4) is 17.2 Å². The number of carbonyl (C=O) groups is 1. The summed E-state index contributed by atoms with van der Waals surface area (Å²) >= 11 is 0. The molecule has 2 rings (SSSR count). The van der Waals surface area contributed by atoms with Gasteiger partial charge in [0.15, 0.2) is 0 Å². The molecule has 0 aliphatic heterocycles. The molecule has 1 amide bonds. The molecule has 0 saturated heterocycles. The molecule has 0 spiro atoms. The summed E-state index contributed by atoms with van der Waals surface area (Å²) in [4.78, 5) is 11.2. The molecule has 7 nitrogen and oxygen atoms in total. The van der Waals surface area contributed by atoms with Gasteiger partial charge in [-0.3, -0.25) is 0 Å². The second-order valence-corrected chi connectivity index (χ2v) is 3.49. The Labute approximate surface area is 109 Å². The van der Waals surface area contributed by atoms with Gasteiger partial charge in [-0.2, -0.15) is 0 Å². The van der Waals surface area contributed by atoms with Crippen molar-refractivity contribution in [2.24, 2.45) is 0 Å². The molecular weight excluding hydrogens is 250 g/mol. The lowest BCUT2D eigenvalue weighted by Crippen LogP contribution is -2.13. The molecule has 0 atom stereocenters. The highest BCUT2D eigenvalue weighted by Crippen LogP contribution is 2.22. The van der Waals surface area contributed by atoms with Crippen LogP contribution in [-0.2, 0) is 4.74 Å². The van der Waals surface area contributed by atoms with E-state index in [9.17, 15) is 4.79 Å². The van der Waals surface area contributed by atoms with Crippen LogP contribution < -0.4 is 10.1 Å². The van der Waals surface area contributed by atoms with E-state index in [1.54, 1.807) is 38.3 Å². The summed E-state index contributed by atoms with van der Waals surface area (Å²) < 4.78 is 15.0. The molecule has 0 fully saturated rings. The van der Waals surface area contributed by atoms with Crippen LogP contribution in [0, 0.1) is 0 Å². The number of hydrogen-bond acceptors (Lipinski definition) is 6. The Morgan fingerprint density at radius 3 is 2.68 bits per heavy atom. The smallest absolute Gasteiger partial charge is 0.415 e. The molecule has 1 heterocycles. The Balaban J connectivity index is 2.09. The molecule has 1 N–H and O–H groups in total. The number of ether oxygens (including phenoxy) is 2. The summed E-state index contributed by atoms with van der Waals surface area (Å²) in [7, 11) is 1.59. The van der Waals surface area contributed by atoms with Crippen molar-refractivity contribution >= 4 is 12.1 Å². The van der Waals surface area contributed by atoms with Crippen LogP contribution in [0.15, 0.2) is 28.7 Å². The van der Waals surface area contributed by atoms with E-state index in [0.717, 1.165) is 11.3 Å². The highest BCUT2D eigenvalue weighted by atomic mass is 16.6. The van der Waals surface area contributed by atoms with Gasteiger partial charge in [-0.25, -0.2) is 10.1 Å². The fraction of sp³-hybridized carbons (Fsp3) is 0.250. The Morgan fingerprint density at radius 1 is 1.32 bits per heavy atom. The molecular formula is C12H13N3O4. The zero-order valence-electron chi connectivity index (χ0n) is 10.5. The van der Waals surface area contributed by atoms with E-state index >= 15 is 0 Å². The molecule has 1 aromatic carbocycles. The fourth-order valence-electron chi connectivity index (χ4n) is 1.38. The first-order valence-corrected chi connectivity index (χ1v) is 5.64. The number of amides is 1. The topological polar surface area (TPSA) is 86.5 Å². The van der Waals surface area contributed by atoms with E-state index in [-0.39, 0.29) is 12.6 Å². The van der Waals surface area contributed by atoms with Crippen molar-refractivity contribution in [2.75, 3.05) is 19.0 Å². The monoisotopic (exact) mass is 263 g/mol. The number of hydrogen-bond donors (Lipinski definition) is 1. The second kappa shape index (κ2) is 5.85. The molecule has 0 aliphatic rings. The molecule has 0 unspecified atom stereocenters. The summed E-state index contributed by atoms with van der Waals surface area (Å²) in [5, 5.41) is 9.85. The fourth-order valence-corrected chi connectivity index (χ4v) is 1.38. The van der Waals surface area contributed by atoms with Crippen molar-refractivity contribution in [3.63, 3.8) is 0 Å². The summed E-state index contributed by atoms with van der Waals surface area (Å²) in [6, 6.07) is 7.10. The zero-order chi connectivity index (χ0) is 13.7. The predicted molar refractivity (Wildman–Crippen MR) is 66.9 cm³/mol. The Morgan fingerprint density at radius 2 is 2.05 bits per heavy atom. The van der Waals surface area contributed by atoms with Crippen LogP contribution in [0.2, 0.25) is 0 Å². The molecule has 100 valence electrons. The predicted octanol–water partition coefficient (Wildman–Crippen LogP) is 2.31. The molecule has 0 aliphatic carbocycles. The third-order valence-corrected chi connectivity index (χ3v) is 2.25. The van der Waals surface area contributed by atoms with E-state index in [1.165, 1.54) is 0 Å².